The maximum Gasteiger partial charge on any atom is 0.404 e. The van der Waals surface area contributed by atoms with Gasteiger partial charge in [-0.15, -0.1) is 0 Å². The molecular weight excluding hydrogens is 376 g/mol. The van der Waals surface area contributed by atoms with Gasteiger partial charge in [0.1, 0.15) is 6.61 Å². The summed E-state index contributed by atoms with van der Waals surface area (Å²) in [5.41, 5.74) is 2.48. The maximum absolute atomic E-state index is 11.8. The summed E-state index contributed by atoms with van der Waals surface area (Å²) in [7, 11) is 2.16. The average Bonchev–Trinajstić information content (AvgIpc) is 3.13. The minimum atomic E-state index is -1.08. The van der Waals surface area contributed by atoms with Crippen LogP contribution in [0.25, 0.3) is 0 Å². The van der Waals surface area contributed by atoms with Gasteiger partial charge in [0.2, 0.25) is 5.91 Å². The van der Waals surface area contributed by atoms with Gasteiger partial charge in [0, 0.05) is 31.5 Å². The molecule has 9 nitrogen and oxygen atoms in total. The van der Waals surface area contributed by atoms with Crippen molar-refractivity contribution in [2.45, 2.75) is 31.7 Å². The highest BCUT2D eigenvalue weighted by molar-refractivity contribution is 5.77. The molecule has 2 heterocycles. The average molecular weight is 408 g/mol. The van der Waals surface area contributed by atoms with Gasteiger partial charge in [0.15, 0.2) is 0 Å². The minimum absolute atomic E-state index is 0.0121. The van der Waals surface area contributed by atoms with Crippen molar-refractivity contribution in [3.05, 3.63) is 29.6 Å². The molecule has 0 saturated carbocycles. The van der Waals surface area contributed by atoms with Crippen molar-refractivity contribution < 1.29 is 24.2 Å². The van der Waals surface area contributed by atoms with E-state index in [9.17, 15) is 9.59 Å². The molecule has 0 aromatic carbocycles. The van der Waals surface area contributed by atoms with Gasteiger partial charge in [-0.2, -0.15) is 0 Å². The van der Waals surface area contributed by atoms with Crippen molar-refractivity contribution in [1.29, 1.82) is 0 Å². The zero-order chi connectivity index (χ0) is 20.9. The van der Waals surface area contributed by atoms with Crippen LogP contribution in [0.15, 0.2) is 18.5 Å². The van der Waals surface area contributed by atoms with Crippen LogP contribution in [0.1, 0.15) is 36.4 Å². The normalized spacial score (nSPS) is 16.7. The van der Waals surface area contributed by atoms with E-state index >= 15 is 0 Å². The molecule has 2 amide bonds. The molecule has 0 spiro atoms. The van der Waals surface area contributed by atoms with E-state index in [1.807, 2.05) is 12.4 Å². The Morgan fingerprint density at radius 1 is 1.21 bits per heavy atom. The summed E-state index contributed by atoms with van der Waals surface area (Å²) in [5.74, 6) is -0.156. The zero-order valence-electron chi connectivity index (χ0n) is 17.1. The summed E-state index contributed by atoms with van der Waals surface area (Å²) >= 11 is 0. The second-order valence-corrected chi connectivity index (χ2v) is 7.12. The molecule has 0 aliphatic carbocycles. The Kier molecular flexibility index (Phi) is 10.4. The fourth-order valence-electron chi connectivity index (χ4n) is 3.34. The summed E-state index contributed by atoms with van der Waals surface area (Å²) in [6.45, 7) is 2.81. The lowest BCUT2D eigenvalue weighted by atomic mass is 10.0. The first-order valence-electron chi connectivity index (χ1n) is 10.1. The maximum atomic E-state index is 11.8. The second-order valence-electron chi connectivity index (χ2n) is 7.12. The van der Waals surface area contributed by atoms with Gasteiger partial charge in [0.05, 0.1) is 19.8 Å². The molecule has 2 rings (SSSR count). The molecule has 1 atom stereocenters. The third-order valence-corrected chi connectivity index (χ3v) is 4.81. The molecule has 1 aromatic heterocycles. The fraction of sp³-hybridized carbons (Fsp3) is 0.650. The molecule has 1 aromatic rings. The van der Waals surface area contributed by atoms with Crippen molar-refractivity contribution in [3.63, 3.8) is 0 Å². The third-order valence-electron chi connectivity index (χ3n) is 4.81. The number of hydrogen-bond donors (Lipinski definition) is 3. The Morgan fingerprint density at radius 2 is 2.03 bits per heavy atom. The number of hydrogen-bond acceptors (Lipinski definition) is 6. The van der Waals surface area contributed by atoms with Crippen molar-refractivity contribution in [2.24, 2.45) is 0 Å². The van der Waals surface area contributed by atoms with Gasteiger partial charge < -0.3 is 25.2 Å². The highest BCUT2D eigenvalue weighted by Crippen LogP contribution is 2.30. The summed E-state index contributed by atoms with van der Waals surface area (Å²) in [6, 6.07) is 2.70. The van der Waals surface area contributed by atoms with Crippen LogP contribution in [-0.2, 0) is 20.7 Å². The van der Waals surface area contributed by atoms with Gasteiger partial charge in [-0.1, -0.05) is 6.07 Å². The fourth-order valence-corrected chi connectivity index (χ4v) is 3.34. The van der Waals surface area contributed by atoms with E-state index in [1.54, 1.807) is 0 Å². The number of rotatable bonds is 13. The van der Waals surface area contributed by atoms with Gasteiger partial charge in [-0.3, -0.25) is 14.7 Å². The van der Waals surface area contributed by atoms with Crippen LogP contribution in [0.3, 0.4) is 0 Å². The number of ether oxygens (including phenoxy) is 2. The van der Waals surface area contributed by atoms with Crippen molar-refractivity contribution >= 4 is 12.0 Å². The molecule has 9 heteroatoms. The van der Waals surface area contributed by atoms with Crippen LogP contribution in [0.2, 0.25) is 0 Å². The van der Waals surface area contributed by atoms with Crippen LogP contribution < -0.4 is 10.6 Å². The Balaban J connectivity index is 1.51. The summed E-state index contributed by atoms with van der Waals surface area (Å²) in [6.07, 6.45) is 6.91. The number of likely N-dealkylation sites (tertiary alicyclic amines) is 1. The lowest BCUT2D eigenvalue weighted by Gasteiger charge is -2.19. The van der Waals surface area contributed by atoms with Crippen LogP contribution >= 0.6 is 0 Å². The molecule has 1 aliphatic rings. The number of aromatic nitrogens is 1. The van der Waals surface area contributed by atoms with E-state index in [-0.39, 0.29) is 32.3 Å². The van der Waals surface area contributed by atoms with Gasteiger partial charge in [-0.25, -0.2) is 4.79 Å². The molecule has 1 saturated heterocycles. The molecule has 0 unspecified atom stereocenters. The first kappa shape index (κ1) is 23.1. The summed E-state index contributed by atoms with van der Waals surface area (Å²) in [4.78, 5) is 28.8. The van der Waals surface area contributed by atoms with E-state index in [0.29, 0.717) is 19.2 Å². The van der Waals surface area contributed by atoms with Crippen molar-refractivity contribution in [3.8, 4) is 0 Å². The predicted molar refractivity (Wildman–Crippen MR) is 108 cm³/mol. The third kappa shape index (κ3) is 9.21. The number of amides is 2. The number of aryl methyl sites for hydroxylation is 1. The number of pyridine rings is 1. The van der Waals surface area contributed by atoms with Gasteiger partial charge >= 0.3 is 6.09 Å². The number of nitrogens with one attached hydrogen (secondary N) is 2. The topological polar surface area (TPSA) is 113 Å². The van der Waals surface area contributed by atoms with E-state index in [0.717, 1.165) is 19.4 Å². The Morgan fingerprint density at radius 3 is 2.79 bits per heavy atom. The van der Waals surface area contributed by atoms with E-state index in [2.05, 4.69) is 33.6 Å². The quantitative estimate of drug-likeness (QED) is 0.420. The van der Waals surface area contributed by atoms with Gasteiger partial charge in [-0.05, 0) is 50.4 Å². The highest BCUT2D eigenvalue weighted by Gasteiger charge is 2.22. The largest absolute Gasteiger partial charge is 0.465 e. The second kappa shape index (κ2) is 13.1. The Bertz CT molecular complexity index is 643. The lowest BCUT2D eigenvalue weighted by Crippen LogP contribution is -2.29. The predicted octanol–water partition coefficient (Wildman–Crippen LogP) is 1.20. The summed E-state index contributed by atoms with van der Waals surface area (Å²) in [5, 5.41) is 13.4. The first-order chi connectivity index (χ1) is 14.1. The van der Waals surface area contributed by atoms with Crippen LogP contribution in [0.5, 0.6) is 0 Å². The van der Waals surface area contributed by atoms with E-state index < -0.39 is 6.09 Å². The number of carbonyl (C=O) groups excluding carboxylic acids is 1. The van der Waals surface area contributed by atoms with Crippen LogP contribution in [-0.4, -0.2) is 80.1 Å². The van der Waals surface area contributed by atoms with Gasteiger partial charge in [0.25, 0.3) is 0 Å². The number of carboxylic acid groups (broad SMARTS) is 1. The SMILES string of the molecule is CN1CCC[C@H]1c1cncc(CCCNC(=O)COCCOCCNC(=O)O)c1. The lowest BCUT2D eigenvalue weighted by molar-refractivity contribution is -0.126. The van der Waals surface area contributed by atoms with Crippen LogP contribution in [0.4, 0.5) is 4.79 Å². The smallest absolute Gasteiger partial charge is 0.404 e. The number of nitrogens with zero attached hydrogens (tertiary/aromatic N) is 2. The number of carbonyl (C=O) groups is 2. The molecule has 1 aliphatic heterocycles. The molecule has 0 radical (unpaired) electrons. The highest BCUT2D eigenvalue weighted by atomic mass is 16.5. The molecule has 162 valence electrons. The molecule has 3 N–H and O–H groups in total. The van der Waals surface area contributed by atoms with Crippen molar-refractivity contribution in [2.75, 3.05) is 53.1 Å². The zero-order valence-corrected chi connectivity index (χ0v) is 17.1. The molecule has 29 heavy (non-hydrogen) atoms. The van der Waals surface area contributed by atoms with Crippen LogP contribution in [0, 0.1) is 0 Å². The Hall–Kier alpha value is -2.23. The minimum Gasteiger partial charge on any atom is -0.465 e. The van der Waals surface area contributed by atoms with E-state index in [1.165, 1.54) is 24.0 Å². The van der Waals surface area contributed by atoms with E-state index in [4.69, 9.17) is 14.6 Å². The molecule has 1 fully saturated rings. The Labute approximate surface area is 171 Å². The van der Waals surface area contributed by atoms with Crippen molar-refractivity contribution in [1.82, 2.24) is 20.5 Å². The first-order valence-corrected chi connectivity index (χ1v) is 10.1. The molecule has 0 bridgehead atoms. The summed E-state index contributed by atoms with van der Waals surface area (Å²) < 4.78 is 10.4. The standard InChI is InChI=1S/C20H32N4O5/c1-24-8-3-5-18(24)17-12-16(13-21-14-17)4-2-6-22-19(25)15-29-11-10-28-9-7-23-20(26)27/h12-14,18,23H,2-11,15H2,1H3,(H,22,25)(H,26,27)/t18-/m0/s1. The molecular formula is C20H32N4O5. The monoisotopic (exact) mass is 408 g/mol.